The SMILES string of the molecule is CCC(CC)CC(NC)C(C)(CC)N(C)C. The van der Waals surface area contributed by atoms with E-state index in [2.05, 4.69) is 59.1 Å². The van der Waals surface area contributed by atoms with Gasteiger partial charge >= 0.3 is 0 Å². The second-order valence-corrected chi connectivity index (χ2v) is 5.36. The van der Waals surface area contributed by atoms with Crippen LogP contribution in [0.15, 0.2) is 0 Å². The lowest BCUT2D eigenvalue weighted by atomic mass is 9.81. The van der Waals surface area contributed by atoms with E-state index in [0.717, 1.165) is 5.92 Å². The molecule has 0 aliphatic heterocycles. The van der Waals surface area contributed by atoms with E-state index >= 15 is 0 Å². The van der Waals surface area contributed by atoms with Gasteiger partial charge in [0.25, 0.3) is 0 Å². The highest BCUT2D eigenvalue weighted by Crippen LogP contribution is 2.27. The van der Waals surface area contributed by atoms with Crippen LogP contribution in [-0.4, -0.2) is 37.6 Å². The van der Waals surface area contributed by atoms with Crippen molar-refractivity contribution in [2.45, 2.75) is 65.0 Å². The first kappa shape index (κ1) is 15.9. The Balaban J connectivity index is 4.68. The van der Waals surface area contributed by atoms with Crippen LogP contribution in [0.4, 0.5) is 0 Å². The molecule has 0 aliphatic carbocycles. The van der Waals surface area contributed by atoms with Crippen LogP contribution in [0.25, 0.3) is 0 Å². The van der Waals surface area contributed by atoms with Crippen LogP contribution >= 0.6 is 0 Å². The fourth-order valence-electron chi connectivity index (χ4n) is 2.51. The third-order valence-electron chi connectivity index (χ3n) is 4.56. The molecule has 0 rings (SSSR count). The summed E-state index contributed by atoms with van der Waals surface area (Å²) >= 11 is 0. The van der Waals surface area contributed by atoms with Gasteiger partial charge in [0.2, 0.25) is 0 Å². The van der Waals surface area contributed by atoms with Crippen molar-refractivity contribution in [1.29, 1.82) is 0 Å². The standard InChI is InChI=1S/C14H32N2/c1-8-12(9-2)11-13(15-5)14(4,10-3)16(6)7/h12-13,15H,8-11H2,1-7H3. The Bertz CT molecular complexity index is 176. The molecule has 2 atom stereocenters. The van der Waals surface area contributed by atoms with Gasteiger partial charge in [0, 0.05) is 11.6 Å². The number of nitrogens with one attached hydrogen (secondary N) is 1. The molecule has 16 heavy (non-hydrogen) atoms. The van der Waals surface area contributed by atoms with Gasteiger partial charge in [-0.1, -0.05) is 33.6 Å². The zero-order valence-electron chi connectivity index (χ0n) is 12.4. The number of rotatable bonds is 8. The normalized spacial score (nSPS) is 17.8. The maximum Gasteiger partial charge on any atom is 0.0325 e. The van der Waals surface area contributed by atoms with Gasteiger partial charge in [-0.25, -0.2) is 0 Å². The zero-order chi connectivity index (χ0) is 12.8. The van der Waals surface area contributed by atoms with Crippen molar-refractivity contribution >= 4 is 0 Å². The van der Waals surface area contributed by atoms with Gasteiger partial charge in [0.15, 0.2) is 0 Å². The largest absolute Gasteiger partial charge is 0.315 e. The van der Waals surface area contributed by atoms with Crippen LogP contribution in [-0.2, 0) is 0 Å². The summed E-state index contributed by atoms with van der Waals surface area (Å²) in [6.45, 7) is 9.27. The van der Waals surface area contributed by atoms with Crippen LogP contribution in [0.5, 0.6) is 0 Å². The zero-order valence-corrected chi connectivity index (χ0v) is 12.4. The quantitative estimate of drug-likeness (QED) is 0.686. The third kappa shape index (κ3) is 3.74. The summed E-state index contributed by atoms with van der Waals surface area (Å²) in [6.07, 6.45) is 5.06. The number of likely N-dealkylation sites (N-methyl/N-ethyl adjacent to an activating group) is 2. The first-order chi connectivity index (χ1) is 7.46. The monoisotopic (exact) mass is 228 g/mol. The molecule has 2 unspecified atom stereocenters. The first-order valence-electron chi connectivity index (χ1n) is 6.80. The average molecular weight is 228 g/mol. The molecule has 0 aromatic carbocycles. The molecule has 0 fully saturated rings. The minimum Gasteiger partial charge on any atom is -0.315 e. The lowest BCUT2D eigenvalue weighted by molar-refractivity contribution is 0.101. The van der Waals surface area contributed by atoms with Gasteiger partial charge < -0.3 is 10.2 Å². The molecule has 0 aromatic heterocycles. The van der Waals surface area contributed by atoms with Crippen molar-refractivity contribution in [3.05, 3.63) is 0 Å². The molecule has 1 N–H and O–H groups in total. The highest BCUT2D eigenvalue weighted by atomic mass is 15.2. The Morgan fingerprint density at radius 3 is 1.88 bits per heavy atom. The first-order valence-corrected chi connectivity index (χ1v) is 6.80. The van der Waals surface area contributed by atoms with Gasteiger partial charge in [-0.05, 0) is 46.8 Å². The van der Waals surface area contributed by atoms with Crippen molar-refractivity contribution in [2.75, 3.05) is 21.1 Å². The second-order valence-electron chi connectivity index (χ2n) is 5.36. The average Bonchev–Trinajstić information content (AvgIpc) is 2.29. The summed E-state index contributed by atoms with van der Waals surface area (Å²) < 4.78 is 0. The van der Waals surface area contributed by atoms with E-state index in [1.165, 1.54) is 25.7 Å². The molecule has 2 nitrogen and oxygen atoms in total. The maximum atomic E-state index is 3.53. The maximum absolute atomic E-state index is 3.53. The molecule has 98 valence electrons. The van der Waals surface area contributed by atoms with Gasteiger partial charge in [0.1, 0.15) is 0 Å². The van der Waals surface area contributed by atoms with Gasteiger partial charge in [0.05, 0.1) is 0 Å². The van der Waals surface area contributed by atoms with Crippen LogP contribution < -0.4 is 5.32 Å². The molecule has 0 spiro atoms. The lowest BCUT2D eigenvalue weighted by Crippen LogP contribution is -2.56. The number of nitrogens with zero attached hydrogens (tertiary/aromatic N) is 1. The lowest BCUT2D eigenvalue weighted by Gasteiger charge is -2.44. The third-order valence-corrected chi connectivity index (χ3v) is 4.56. The fourth-order valence-corrected chi connectivity index (χ4v) is 2.51. The topological polar surface area (TPSA) is 15.3 Å². The second kappa shape index (κ2) is 7.29. The molecule has 2 heteroatoms. The van der Waals surface area contributed by atoms with Crippen molar-refractivity contribution in [3.63, 3.8) is 0 Å². The molecule has 0 radical (unpaired) electrons. The Morgan fingerprint density at radius 1 is 1.12 bits per heavy atom. The smallest absolute Gasteiger partial charge is 0.0325 e. The summed E-state index contributed by atoms with van der Waals surface area (Å²) in [6, 6.07) is 0.581. The van der Waals surface area contributed by atoms with Crippen molar-refractivity contribution in [3.8, 4) is 0 Å². The predicted octanol–water partition coefficient (Wildman–Crippen LogP) is 3.13. The summed E-state index contributed by atoms with van der Waals surface area (Å²) in [5.41, 5.74) is 0.261. The Morgan fingerprint density at radius 2 is 1.62 bits per heavy atom. The van der Waals surface area contributed by atoms with Gasteiger partial charge in [-0.3, -0.25) is 0 Å². The number of hydrogen-bond donors (Lipinski definition) is 1. The van der Waals surface area contributed by atoms with E-state index in [-0.39, 0.29) is 5.54 Å². The molecule has 0 aromatic rings. The van der Waals surface area contributed by atoms with Gasteiger partial charge in [-0.15, -0.1) is 0 Å². The van der Waals surface area contributed by atoms with Crippen molar-refractivity contribution < 1.29 is 0 Å². The van der Waals surface area contributed by atoms with Crippen LogP contribution in [0.2, 0.25) is 0 Å². The molecule has 0 amide bonds. The Labute approximate surface area is 103 Å². The summed E-state index contributed by atoms with van der Waals surface area (Å²) in [4.78, 5) is 2.37. The molecular weight excluding hydrogens is 196 g/mol. The van der Waals surface area contributed by atoms with Crippen LogP contribution in [0, 0.1) is 5.92 Å². The fraction of sp³-hybridized carbons (Fsp3) is 1.00. The summed E-state index contributed by atoms with van der Waals surface area (Å²) in [5.74, 6) is 0.850. The van der Waals surface area contributed by atoms with E-state index in [0.29, 0.717) is 6.04 Å². The summed E-state index contributed by atoms with van der Waals surface area (Å²) in [7, 11) is 6.49. The molecule has 0 bridgehead atoms. The Kier molecular flexibility index (Phi) is 7.25. The minimum atomic E-state index is 0.261. The van der Waals surface area contributed by atoms with E-state index < -0.39 is 0 Å². The molecule has 0 saturated heterocycles. The minimum absolute atomic E-state index is 0.261. The molecule has 0 aliphatic rings. The molecular formula is C14H32N2. The van der Waals surface area contributed by atoms with Crippen molar-refractivity contribution in [2.24, 2.45) is 5.92 Å². The van der Waals surface area contributed by atoms with Gasteiger partial charge in [-0.2, -0.15) is 0 Å². The van der Waals surface area contributed by atoms with E-state index in [9.17, 15) is 0 Å². The van der Waals surface area contributed by atoms with Crippen LogP contribution in [0.1, 0.15) is 53.4 Å². The molecule has 0 heterocycles. The van der Waals surface area contributed by atoms with E-state index in [4.69, 9.17) is 0 Å². The molecule has 0 saturated carbocycles. The Hall–Kier alpha value is -0.0800. The van der Waals surface area contributed by atoms with E-state index in [1.807, 2.05) is 0 Å². The number of hydrogen-bond acceptors (Lipinski definition) is 2. The highest BCUT2D eigenvalue weighted by molar-refractivity contribution is 4.94. The van der Waals surface area contributed by atoms with Crippen LogP contribution in [0.3, 0.4) is 0 Å². The predicted molar refractivity (Wildman–Crippen MR) is 73.9 cm³/mol. The van der Waals surface area contributed by atoms with E-state index in [1.54, 1.807) is 0 Å². The van der Waals surface area contributed by atoms with Crippen molar-refractivity contribution in [1.82, 2.24) is 10.2 Å². The highest BCUT2D eigenvalue weighted by Gasteiger charge is 2.34. The summed E-state index contributed by atoms with van der Waals surface area (Å²) in [5, 5.41) is 3.53.